The molecular formula is C26H25FN2O2. The first-order valence-electron chi connectivity index (χ1n) is 10.5. The molecule has 31 heavy (non-hydrogen) atoms. The number of nitrogens with zero attached hydrogens (tertiary/aromatic N) is 1. The number of benzene rings is 3. The highest BCUT2D eigenvalue weighted by atomic mass is 19.1. The van der Waals surface area contributed by atoms with E-state index in [1.165, 1.54) is 12.1 Å². The minimum atomic E-state index is -0.329. The highest BCUT2D eigenvalue weighted by Crippen LogP contribution is 2.26. The van der Waals surface area contributed by atoms with Crippen LogP contribution in [0.3, 0.4) is 0 Å². The van der Waals surface area contributed by atoms with Gasteiger partial charge < -0.3 is 10.2 Å². The summed E-state index contributed by atoms with van der Waals surface area (Å²) in [6.45, 7) is 1.28. The molecule has 1 aliphatic heterocycles. The zero-order valence-corrected chi connectivity index (χ0v) is 17.3. The molecule has 0 aliphatic carbocycles. The van der Waals surface area contributed by atoms with Crippen LogP contribution in [0, 0.1) is 11.7 Å². The molecule has 3 aromatic rings. The van der Waals surface area contributed by atoms with Gasteiger partial charge in [-0.25, -0.2) is 4.39 Å². The van der Waals surface area contributed by atoms with Crippen molar-refractivity contribution < 1.29 is 14.0 Å². The molecule has 1 fully saturated rings. The first-order valence-corrected chi connectivity index (χ1v) is 10.5. The van der Waals surface area contributed by atoms with Crippen molar-refractivity contribution in [3.63, 3.8) is 0 Å². The molecule has 1 aliphatic rings. The molecule has 3 aromatic carbocycles. The number of rotatable bonds is 5. The third kappa shape index (κ3) is 5.18. The summed E-state index contributed by atoms with van der Waals surface area (Å²) in [5, 5.41) is 2.95. The topological polar surface area (TPSA) is 49.4 Å². The Morgan fingerprint density at radius 2 is 1.68 bits per heavy atom. The zero-order valence-electron chi connectivity index (χ0n) is 17.3. The van der Waals surface area contributed by atoms with E-state index in [1.54, 1.807) is 17.0 Å². The summed E-state index contributed by atoms with van der Waals surface area (Å²) in [5.41, 5.74) is 4.06. The van der Waals surface area contributed by atoms with Gasteiger partial charge in [0.05, 0.1) is 12.3 Å². The Morgan fingerprint density at radius 1 is 0.968 bits per heavy atom. The molecule has 5 heteroatoms. The van der Waals surface area contributed by atoms with E-state index in [-0.39, 0.29) is 30.0 Å². The number of carbonyl (C=O) groups is 2. The first-order chi connectivity index (χ1) is 15.1. The lowest BCUT2D eigenvalue weighted by Gasteiger charge is -2.24. The number of halogens is 1. The number of carbonyl (C=O) groups excluding carboxylic acids is 2. The molecule has 0 radical (unpaired) electrons. The van der Waals surface area contributed by atoms with E-state index in [0.29, 0.717) is 26.1 Å². The van der Waals surface area contributed by atoms with E-state index < -0.39 is 0 Å². The molecule has 158 valence electrons. The molecule has 2 amide bonds. The van der Waals surface area contributed by atoms with Crippen LogP contribution in [0.25, 0.3) is 11.1 Å². The number of hydrogen-bond donors (Lipinski definition) is 1. The summed E-state index contributed by atoms with van der Waals surface area (Å²) in [4.78, 5) is 27.4. The summed E-state index contributed by atoms with van der Waals surface area (Å²) in [6, 6.07) is 24.2. The Balaban J connectivity index is 1.51. The van der Waals surface area contributed by atoms with Crippen molar-refractivity contribution in [3.05, 3.63) is 95.8 Å². The SMILES string of the molecule is O=C1NCCN(C(=O)Cc2ccc(F)cc2)CC1Cc1ccccc1-c1ccccc1. The lowest BCUT2D eigenvalue weighted by atomic mass is 9.91. The van der Waals surface area contributed by atoms with Crippen molar-refractivity contribution in [2.45, 2.75) is 12.8 Å². The van der Waals surface area contributed by atoms with Gasteiger partial charge in [-0.1, -0.05) is 66.7 Å². The van der Waals surface area contributed by atoms with Crippen LogP contribution >= 0.6 is 0 Å². The monoisotopic (exact) mass is 416 g/mol. The van der Waals surface area contributed by atoms with E-state index in [9.17, 15) is 14.0 Å². The van der Waals surface area contributed by atoms with Crippen LogP contribution in [0.15, 0.2) is 78.9 Å². The maximum Gasteiger partial charge on any atom is 0.227 e. The Kier molecular flexibility index (Phi) is 6.41. The lowest BCUT2D eigenvalue weighted by molar-refractivity contribution is -0.131. The smallest absolute Gasteiger partial charge is 0.227 e. The maximum atomic E-state index is 13.1. The van der Waals surface area contributed by atoms with Gasteiger partial charge in [0, 0.05) is 19.6 Å². The second-order valence-electron chi connectivity index (χ2n) is 7.86. The van der Waals surface area contributed by atoms with Gasteiger partial charge in [0.1, 0.15) is 5.82 Å². The second kappa shape index (κ2) is 9.56. The van der Waals surface area contributed by atoms with Gasteiger partial charge in [-0.05, 0) is 40.8 Å². The Morgan fingerprint density at radius 3 is 2.45 bits per heavy atom. The molecule has 4 rings (SSSR count). The average Bonchev–Trinajstić information content (AvgIpc) is 2.98. The zero-order chi connectivity index (χ0) is 21.6. The van der Waals surface area contributed by atoms with Gasteiger partial charge in [-0.2, -0.15) is 0 Å². The summed E-state index contributed by atoms with van der Waals surface area (Å²) in [7, 11) is 0. The molecule has 4 nitrogen and oxygen atoms in total. The molecule has 1 saturated heterocycles. The predicted molar refractivity (Wildman–Crippen MR) is 119 cm³/mol. The van der Waals surface area contributed by atoms with Crippen LogP contribution in [0.5, 0.6) is 0 Å². The summed E-state index contributed by atoms with van der Waals surface area (Å²) < 4.78 is 13.1. The highest BCUT2D eigenvalue weighted by Gasteiger charge is 2.28. The van der Waals surface area contributed by atoms with Gasteiger partial charge in [-0.15, -0.1) is 0 Å². The molecule has 0 bridgehead atoms. The van der Waals surface area contributed by atoms with Crippen LogP contribution in [0.2, 0.25) is 0 Å². The largest absolute Gasteiger partial charge is 0.354 e. The van der Waals surface area contributed by atoms with Crippen LogP contribution in [0.1, 0.15) is 11.1 Å². The van der Waals surface area contributed by atoms with Gasteiger partial charge in [-0.3, -0.25) is 9.59 Å². The van der Waals surface area contributed by atoms with E-state index in [4.69, 9.17) is 0 Å². The van der Waals surface area contributed by atoms with E-state index in [2.05, 4.69) is 23.5 Å². The molecule has 1 N–H and O–H groups in total. The fraction of sp³-hybridized carbons (Fsp3) is 0.231. The molecule has 0 saturated carbocycles. The average molecular weight is 416 g/mol. The van der Waals surface area contributed by atoms with Gasteiger partial charge in [0.2, 0.25) is 11.8 Å². The van der Waals surface area contributed by atoms with Crippen LogP contribution < -0.4 is 5.32 Å². The summed E-state index contributed by atoms with van der Waals surface area (Å²) in [6.07, 6.45) is 0.749. The Labute approximate surface area is 181 Å². The fourth-order valence-electron chi connectivity index (χ4n) is 4.03. The molecular weight excluding hydrogens is 391 g/mol. The van der Waals surface area contributed by atoms with Gasteiger partial charge in [0.15, 0.2) is 0 Å². The second-order valence-corrected chi connectivity index (χ2v) is 7.86. The normalized spacial score (nSPS) is 16.5. The van der Waals surface area contributed by atoms with Crippen LogP contribution in [-0.4, -0.2) is 36.3 Å². The number of amides is 2. The van der Waals surface area contributed by atoms with Crippen molar-refractivity contribution in [2.75, 3.05) is 19.6 Å². The van der Waals surface area contributed by atoms with Crippen molar-refractivity contribution >= 4 is 11.8 Å². The quantitative estimate of drug-likeness (QED) is 0.687. The molecule has 0 spiro atoms. The van der Waals surface area contributed by atoms with E-state index in [1.807, 2.05) is 36.4 Å². The van der Waals surface area contributed by atoms with E-state index in [0.717, 1.165) is 22.3 Å². The van der Waals surface area contributed by atoms with Crippen LogP contribution in [0.4, 0.5) is 4.39 Å². The van der Waals surface area contributed by atoms with Gasteiger partial charge >= 0.3 is 0 Å². The Bertz CT molecular complexity index is 1050. The molecule has 1 heterocycles. The van der Waals surface area contributed by atoms with Crippen molar-refractivity contribution in [1.29, 1.82) is 0 Å². The van der Waals surface area contributed by atoms with Crippen LogP contribution in [-0.2, 0) is 22.4 Å². The predicted octanol–water partition coefficient (Wildman–Crippen LogP) is 3.85. The van der Waals surface area contributed by atoms with Gasteiger partial charge in [0.25, 0.3) is 0 Å². The number of hydrogen-bond acceptors (Lipinski definition) is 2. The van der Waals surface area contributed by atoms with Crippen molar-refractivity contribution in [3.8, 4) is 11.1 Å². The lowest BCUT2D eigenvalue weighted by Crippen LogP contribution is -2.38. The highest BCUT2D eigenvalue weighted by molar-refractivity contribution is 5.83. The third-order valence-electron chi connectivity index (χ3n) is 5.68. The standard InChI is InChI=1S/C26H25FN2O2/c27-23-12-10-19(11-13-23)16-25(30)29-15-14-28-26(31)22(18-29)17-21-8-4-5-9-24(21)20-6-2-1-3-7-20/h1-13,22H,14-18H2,(H,28,31). The summed E-state index contributed by atoms with van der Waals surface area (Å²) >= 11 is 0. The molecule has 0 aromatic heterocycles. The summed E-state index contributed by atoms with van der Waals surface area (Å²) in [5.74, 6) is -0.730. The van der Waals surface area contributed by atoms with Crippen molar-refractivity contribution in [2.24, 2.45) is 5.92 Å². The molecule has 1 atom stereocenters. The number of nitrogens with one attached hydrogen (secondary N) is 1. The fourth-order valence-corrected chi connectivity index (χ4v) is 4.03. The molecule has 1 unspecified atom stereocenters. The minimum absolute atomic E-state index is 0.0278. The Hall–Kier alpha value is -3.47. The third-order valence-corrected chi connectivity index (χ3v) is 5.68. The first kappa shape index (κ1) is 20.8. The minimum Gasteiger partial charge on any atom is -0.354 e. The maximum absolute atomic E-state index is 13.1. The van der Waals surface area contributed by atoms with E-state index >= 15 is 0 Å². The van der Waals surface area contributed by atoms with Crippen molar-refractivity contribution in [1.82, 2.24) is 10.2 Å².